The van der Waals surface area contributed by atoms with Crippen molar-refractivity contribution in [2.75, 3.05) is 6.61 Å². The number of amides is 3. The highest BCUT2D eigenvalue weighted by Crippen LogP contribution is 2.19. The standard InChI is InChI=1S/C26H31N9O6/c27-18(6-15-9-28-12-31-15)23(37)33-21(7-16-10-29-13-32-16)25(39)34-20(24(38)35-22(11-36)26(40)41)5-14-8-30-19-4-2-1-3-17(14)19/h1-4,8-10,12-13,18,20-22,30,36H,5-7,11,27H2,(H,28,31)(H,29,32)(H,33,37)(H,34,39)(H,35,38)(H,40,41). The van der Waals surface area contributed by atoms with Crippen LogP contribution in [0.1, 0.15) is 17.0 Å². The molecule has 0 aliphatic heterocycles. The Morgan fingerprint density at radius 3 is 2.00 bits per heavy atom. The molecule has 0 saturated heterocycles. The number of H-pyrrole nitrogens is 3. The van der Waals surface area contributed by atoms with Gasteiger partial charge >= 0.3 is 5.97 Å². The molecule has 0 radical (unpaired) electrons. The molecule has 4 atom stereocenters. The molecule has 0 aliphatic rings. The maximum Gasteiger partial charge on any atom is 0.328 e. The van der Waals surface area contributed by atoms with Gasteiger partial charge in [0.25, 0.3) is 0 Å². The smallest absolute Gasteiger partial charge is 0.328 e. The van der Waals surface area contributed by atoms with Crippen molar-refractivity contribution >= 4 is 34.6 Å². The van der Waals surface area contributed by atoms with Gasteiger partial charge in [-0.05, 0) is 11.6 Å². The number of nitrogens with zero attached hydrogens (tertiary/aromatic N) is 2. The van der Waals surface area contributed by atoms with Crippen LogP contribution < -0.4 is 21.7 Å². The monoisotopic (exact) mass is 565 g/mol. The van der Waals surface area contributed by atoms with Crippen molar-refractivity contribution in [3.8, 4) is 0 Å². The molecule has 1 aromatic carbocycles. The molecule has 15 nitrogen and oxygen atoms in total. The fourth-order valence-electron chi connectivity index (χ4n) is 4.29. The minimum atomic E-state index is -1.58. The molecule has 4 rings (SSSR count). The van der Waals surface area contributed by atoms with Gasteiger partial charge in [-0.1, -0.05) is 18.2 Å². The van der Waals surface area contributed by atoms with E-state index in [0.717, 1.165) is 10.9 Å². The van der Waals surface area contributed by atoms with E-state index >= 15 is 0 Å². The van der Waals surface area contributed by atoms with Crippen molar-refractivity contribution in [2.45, 2.75) is 43.4 Å². The third kappa shape index (κ3) is 7.55. The number of aliphatic hydroxyl groups is 1. The predicted octanol–water partition coefficient (Wildman–Crippen LogP) is -1.50. The summed E-state index contributed by atoms with van der Waals surface area (Å²) in [5.41, 5.74) is 8.73. The number of nitrogens with two attached hydrogens (primary N) is 1. The number of rotatable bonds is 14. The topological polar surface area (TPSA) is 244 Å². The van der Waals surface area contributed by atoms with Crippen LogP contribution >= 0.6 is 0 Å². The lowest BCUT2D eigenvalue weighted by Crippen LogP contribution is -2.58. The zero-order chi connectivity index (χ0) is 29.4. The fourth-order valence-corrected chi connectivity index (χ4v) is 4.29. The molecule has 216 valence electrons. The van der Waals surface area contributed by atoms with Gasteiger partial charge in [-0.3, -0.25) is 14.4 Å². The summed E-state index contributed by atoms with van der Waals surface area (Å²) in [7, 11) is 0. The number of hydrogen-bond acceptors (Lipinski definition) is 8. The molecule has 4 aromatic rings. The summed E-state index contributed by atoms with van der Waals surface area (Å²) in [5.74, 6) is -3.58. The van der Waals surface area contributed by atoms with Crippen LogP contribution in [0.3, 0.4) is 0 Å². The van der Waals surface area contributed by atoms with Crippen LogP contribution in [0.4, 0.5) is 0 Å². The maximum absolute atomic E-state index is 13.6. The van der Waals surface area contributed by atoms with E-state index in [1.54, 1.807) is 6.20 Å². The Morgan fingerprint density at radius 2 is 1.39 bits per heavy atom. The molecule has 4 unspecified atom stereocenters. The molecule has 10 N–H and O–H groups in total. The summed E-state index contributed by atoms with van der Waals surface area (Å²) in [5, 5.41) is 27.1. The molecule has 3 aromatic heterocycles. The van der Waals surface area contributed by atoms with Crippen LogP contribution in [0.2, 0.25) is 0 Å². The van der Waals surface area contributed by atoms with E-state index in [1.807, 2.05) is 24.3 Å². The van der Waals surface area contributed by atoms with Crippen molar-refractivity contribution in [1.29, 1.82) is 0 Å². The molecule has 3 heterocycles. The van der Waals surface area contributed by atoms with Crippen molar-refractivity contribution < 1.29 is 29.4 Å². The second-order valence-corrected chi connectivity index (χ2v) is 9.44. The summed E-state index contributed by atoms with van der Waals surface area (Å²) < 4.78 is 0. The van der Waals surface area contributed by atoms with E-state index in [9.17, 15) is 29.4 Å². The molecule has 0 aliphatic carbocycles. The average Bonchev–Trinajstić information content (AvgIpc) is 3.74. The summed E-state index contributed by atoms with van der Waals surface area (Å²) >= 11 is 0. The van der Waals surface area contributed by atoms with Crippen LogP contribution in [0.25, 0.3) is 10.9 Å². The zero-order valence-electron chi connectivity index (χ0n) is 21.8. The first kappa shape index (κ1) is 29.0. The Bertz CT molecular complexity index is 1470. The van der Waals surface area contributed by atoms with Crippen LogP contribution in [0.5, 0.6) is 0 Å². The van der Waals surface area contributed by atoms with E-state index in [1.165, 1.54) is 25.0 Å². The lowest BCUT2D eigenvalue weighted by atomic mass is 10.0. The number of imidazole rings is 2. The lowest BCUT2D eigenvalue weighted by molar-refractivity contribution is -0.143. The summed E-state index contributed by atoms with van der Waals surface area (Å²) in [6, 6.07) is 2.35. The van der Waals surface area contributed by atoms with Crippen LogP contribution in [0, 0.1) is 0 Å². The number of nitrogens with one attached hydrogen (secondary N) is 6. The Kier molecular flexibility index (Phi) is 9.44. The number of aromatic amines is 3. The number of fused-ring (bicyclic) bond motifs is 1. The first-order chi connectivity index (χ1) is 19.7. The van der Waals surface area contributed by atoms with Gasteiger partial charge in [-0.15, -0.1) is 0 Å². The van der Waals surface area contributed by atoms with Crippen LogP contribution in [-0.4, -0.2) is 89.6 Å². The van der Waals surface area contributed by atoms with Gasteiger partial charge in [0.2, 0.25) is 17.7 Å². The molecular weight excluding hydrogens is 534 g/mol. The molecule has 0 saturated carbocycles. The first-order valence-corrected chi connectivity index (χ1v) is 12.7. The van der Waals surface area contributed by atoms with E-state index in [2.05, 4.69) is 40.9 Å². The second kappa shape index (κ2) is 13.4. The Morgan fingerprint density at radius 1 is 0.805 bits per heavy atom. The quantitative estimate of drug-likeness (QED) is 0.0862. The number of aliphatic hydroxyl groups excluding tert-OH is 1. The Hall–Kier alpha value is -5.02. The largest absolute Gasteiger partial charge is 0.480 e. The van der Waals surface area contributed by atoms with Crippen LogP contribution in [0.15, 0.2) is 55.5 Å². The van der Waals surface area contributed by atoms with E-state index in [-0.39, 0.29) is 19.3 Å². The highest BCUT2D eigenvalue weighted by molar-refractivity contribution is 5.95. The van der Waals surface area contributed by atoms with Gasteiger partial charge < -0.3 is 46.8 Å². The maximum atomic E-state index is 13.6. The van der Waals surface area contributed by atoms with Gasteiger partial charge in [-0.2, -0.15) is 0 Å². The minimum absolute atomic E-state index is 0.00413. The van der Waals surface area contributed by atoms with Crippen molar-refractivity contribution in [2.24, 2.45) is 5.73 Å². The lowest BCUT2D eigenvalue weighted by Gasteiger charge is -2.25. The van der Waals surface area contributed by atoms with Gasteiger partial charge in [0, 0.05) is 60.1 Å². The minimum Gasteiger partial charge on any atom is -0.480 e. The predicted molar refractivity (Wildman–Crippen MR) is 145 cm³/mol. The Balaban J connectivity index is 1.55. The summed E-state index contributed by atoms with van der Waals surface area (Å²) in [6.45, 7) is -0.846. The highest BCUT2D eigenvalue weighted by Gasteiger charge is 2.31. The number of hydrogen-bond donors (Lipinski definition) is 9. The Labute approximate surface area is 233 Å². The zero-order valence-corrected chi connectivity index (χ0v) is 21.8. The summed E-state index contributed by atoms with van der Waals surface area (Å²) in [4.78, 5) is 67.9. The fraction of sp³-hybridized carbons (Fsp3) is 0.308. The number of para-hydroxylation sites is 1. The molecule has 0 bridgehead atoms. The molecule has 15 heteroatoms. The third-order valence-corrected chi connectivity index (χ3v) is 6.47. The van der Waals surface area contributed by atoms with Crippen LogP contribution in [-0.2, 0) is 38.4 Å². The molecule has 41 heavy (non-hydrogen) atoms. The SMILES string of the molecule is NC(Cc1cnc[nH]1)C(=O)NC(Cc1cnc[nH]1)C(=O)NC(Cc1c[nH]c2ccccc12)C(=O)NC(CO)C(=O)O. The molecular formula is C26H31N9O6. The molecule has 3 amide bonds. The third-order valence-electron chi connectivity index (χ3n) is 6.47. The second-order valence-electron chi connectivity index (χ2n) is 9.44. The number of carbonyl (C=O) groups excluding carboxylic acids is 3. The number of carbonyl (C=O) groups is 4. The van der Waals surface area contributed by atoms with E-state index in [4.69, 9.17) is 5.73 Å². The summed E-state index contributed by atoms with van der Waals surface area (Å²) in [6.07, 6.45) is 7.74. The molecule has 0 spiro atoms. The number of benzene rings is 1. The van der Waals surface area contributed by atoms with Gasteiger partial charge in [0.05, 0.1) is 25.3 Å². The van der Waals surface area contributed by atoms with E-state index in [0.29, 0.717) is 17.0 Å². The van der Waals surface area contributed by atoms with Crippen molar-refractivity contribution in [3.05, 3.63) is 72.5 Å². The average molecular weight is 566 g/mol. The molecule has 0 fully saturated rings. The van der Waals surface area contributed by atoms with Crippen molar-refractivity contribution in [1.82, 2.24) is 40.9 Å². The number of aliphatic carboxylic acids is 1. The van der Waals surface area contributed by atoms with Gasteiger partial charge in [0.15, 0.2) is 0 Å². The van der Waals surface area contributed by atoms with Crippen molar-refractivity contribution in [3.63, 3.8) is 0 Å². The van der Waals surface area contributed by atoms with Gasteiger partial charge in [0.1, 0.15) is 18.1 Å². The first-order valence-electron chi connectivity index (χ1n) is 12.7. The number of carboxylic acid groups (broad SMARTS) is 1. The number of aromatic nitrogens is 5. The van der Waals surface area contributed by atoms with Gasteiger partial charge in [-0.25, -0.2) is 14.8 Å². The normalized spacial score (nSPS) is 14.1. The van der Waals surface area contributed by atoms with E-state index < -0.39 is 54.5 Å². The highest BCUT2D eigenvalue weighted by atomic mass is 16.4. The number of carboxylic acids is 1.